The van der Waals surface area contributed by atoms with Crippen molar-refractivity contribution in [1.82, 2.24) is 0 Å². The van der Waals surface area contributed by atoms with E-state index in [2.05, 4.69) is 0 Å². The van der Waals surface area contributed by atoms with Crippen molar-refractivity contribution < 1.29 is 22.1 Å². The highest BCUT2D eigenvalue weighted by molar-refractivity contribution is 6.74. The number of benzene rings is 1. The fourth-order valence-corrected chi connectivity index (χ4v) is 1.15. The minimum atomic E-state index is -5.30. The number of rotatable bonds is 4. The predicted molar refractivity (Wildman–Crippen MR) is 55.6 cm³/mol. The second-order valence-corrected chi connectivity index (χ2v) is 3.18. The summed E-state index contributed by atoms with van der Waals surface area (Å²) in [5, 5.41) is 0. The van der Waals surface area contributed by atoms with Gasteiger partial charge in [-0.3, -0.25) is 0 Å². The maximum Gasteiger partial charge on any atom is 0.513 e. The Morgan fingerprint density at radius 1 is 1.31 bits per heavy atom. The van der Waals surface area contributed by atoms with Crippen LogP contribution in [-0.4, -0.2) is 13.6 Å². The van der Waals surface area contributed by atoms with Crippen molar-refractivity contribution in [2.75, 3.05) is 6.61 Å². The maximum atomic E-state index is 12.7. The van der Waals surface area contributed by atoms with E-state index in [0.717, 1.165) is 17.7 Å². The topological polar surface area (TPSA) is 9.23 Å². The zero-order valence-electron chi connectivity index (χ0n) is 7.97. The Hall–Kier alpha value is -1.17. The van der Waals surface area contributed by atoms with E-state index >= 15 is 0 Å². The molecule has 0 atom stereocenters. The summed E-state index contributed by atoms with van der Waals surface area (Å²) in [6, 6.07) is 2.27. The van der Waals surface area contributed by atoms with Crippen LogP contribution >= 0.6 is 11.6 Å². The highest BCUT2D eigenvalue weighted by Crippen LogP contribution is 2.18. The Morgan fingerprint density at radius 3 is 2.56 bits per heavy atom. The van der Waals surface area contributed by atoms with Crippen LogP contribution in [0.4, 0.5) is 17.3 Å². The lowest BCUT2D eigenvalue weighted by Crippen LogP contribution is -2.35. The third kappa shape index (κ3) is 3.45. The van der Waals surface area contributed by atoms with Gasteiger partial charge in [-0.05, 0) is 24.3 Å². The van der Waals surface area contributed by atoms with Crippen molar-refractivity contribution in [1.29, 1.82) is 0 Å². The van der Waals surface area contributed by atoms with Gasteiger partial charge in [0.25, 0.3) is 0 Å². The normalized spacial score (nSPS) is 12.1. The highest BCUT2D eigenvalue weighted by Gasteiger charge is 2.29. The second-order valence-electron chi connectivity index (χ2n) is 2.93. The van der Waals surface area contributed by atoms with E-state index in [-0.39, 0.29) is 6.61 Å². The number of hydrogen-bond acceptors (Lipinski definition) is 1. The molecule has 1 nitrogen and oxygen atoms in total. The van der Waals surface area contributed by atoms with Crippen LogP contribution in [0.25, 0.3) is 0 Å². The number of hydrogen-bond donors (Lipinski definition) is 0. The maximum absolute atomic E-state index is 12.7. The molecule has 0 aliphatic heterocycles. The Balaban J connectivity index is 2.99. The van der Waals surface area contributed by atoms with Crippen LogP contribution in [0.5, 0.6) is 5.75 Å². The van der Waals surface area contributed by atoms with Gasteiger partial charge in [-0.15, -0.1) is 0 Å². The molecule has 0 spiro atoms. The Morgan fingerprint density at radius 2 is 2.00 bits per heavy atom. The largest absolute Gasteiger partial charge is 0.513 e. The zero-order valence-corrected chi connectivity index (χ0v) is 8.73. The first kappa shape index (κ1) is 12.9. The molecule has 0 N–H and O–H groups in total. The number of ether oxygens (including phenoxy) is 1. The Labute approximate surface area is 94.7 Å². The smallest absolute Gasteiger partial charge is 0.492 e. The van der Waals surface area contributed by atoms with Crippen molar-refractivity contribution in [2.24, 2.45) is 0 Å². The predicted octanol–water partition coefficient (Wildman–Crippen LogP) is 3.01. The third-order valence-corrected chi connectivity index (χ3v) is 1.93. The standard InChI is InChI=1S/C9H7BClF4O/c11-4-1-5-16-9-3-2-7(12)6-8(9)10(13,14)15/h1-4,6H,5H2/q-1/b4-1+. The van der Waals surface area contributed by atoms with Gasteiger partial charge in [0.1, 0.15) is 12.4 Å². The zero-order chi connectivity index (χ0) is 12.2. The third-order valence-electron chi connectivity index (χ3n) is 1.75. The molecule has 0 amide bonds. The minimum absolute atomic E-state index is 0.103. The van der Waals surface area contributed by atoms with Gasteiger partial charge in [0.05, 0.1) is 5.75 Å². The van der Waals surface area contributed by atoms with E-state index in [1.54, 1.807) is 0 Å². The molecule has 0 aliphatic carbocycles. The van der Waals surface area contributed by atoms with Gasteiger partial charge in [-0.2, -0.15) is 0 Å². The van der Waals surface area contributed by atoms with Gasteiger partial charge in [0, 0.05) is 5.54 Å². The van der Waals surface area contributed by atoms with Crippen molar-refractivity contribution in [3.05, 3.63) is 35.6 Å². The van der Waals surface area contributed by atoms with Gasteiger partial charge >= 0.3 is 6.98 Å². The first-order valence-corrected chi connectivity index (χ1v) is 4.76. The average Bonchev–Trinajstić information content (AvgIpc) is 2.19. The summed E-state index contributed by atoms with van der Waals surface area (Å²) in [5.41, 5.74) is 0.0463. The fourth-order valence-electron chi connectivity index (χ4n) is 1.08. The molecule has 16 heavy (non-hydrogen) atoms. The van der Waals surface area contributed by atoms with Gasteiger partial charge in [-0.1, -0.05) is 17.1 Å². The van der Waals surface area contributed by atoms with Gasteiger partial charge in [-0.25, -0.2) is 4.39 Å². The average molecular weight is 253 g/mol. The Kier molecular flexibility index (Phi) is 4.23. The quantitative estimate of drug-likeness (QED) is 0.592. The van der Waals surface area contributed by atoms with Gasteiger partial charge in [0.2, 0.25) is 0 Å². The van der Waals surface area contributed by atoms with Crippen LogP contribution < -0.4 is 10.2 Å². The molecule has 0 aliphatic rings. The molecule has 88 valence electrons. The molecule has 1 rings (SSSR count). The van der Waals surface area contributed by atoms with Crippen molar-refractivity contribution >= 4 is 24.0 Å². The molecular formula is C9H7BClF4O-. The van der Waals surface area contributed by atoms with Crippen LogP contribution in [-0.2, 0) is 0 Å². The minimum Gasteiger partial charge on any atom is -0.492 e. The van der Waals surface area contributed by atoms with E-state index in [9.17, 15) is 17.3 Å². The van der Waals surface area contributed by atoms with E-state index in [4.69, 9.17) is 16.3 Å². The first-order chi connectivity index (χ1) is 7.45. The Bertz CT molecular complexity index is 392. The molecule has 0 heterocycles. The summed E-state index contributed by atoms with van der Waals surface area (Å²) >= 11 is 5.18. The molecule has 0 aromatic heterocycles. The summed E-state index contributed by atoms with van der Waals surface area (Å²) in [7, 11) is 0. The summed E-state index contributed by atoms with van der Waals surface area (Å²) < 4.78 is 55.0. The summed E-state index contributed by atoms with van der Waals surface area (Å²) in [5.74, 6) is -1.35. The molecule has 1 aromatic carbocycles. The van der Waals surface area contributed by atoms with Crippen LogP contribution in [0.2, 0.25) is 0 Å². The van der Waals surface area contributed by atoms with E-state index in [1.807, 2.05) is 0 Å². The highest BCUT2D eigenvalue weighted by atomic mass is 35.5. The van der Waals surface area contributed by atoms with Gasteiger partial charge < -0.3 is 17.7 Å². The summed E-state index contributed by atoms with van der Waals surface area (Å²) in [6.07, 6.45) is 1.33. The molecule has 0 saturated heterocycles. The van der Waals surface area contributed by atoms with Crippen LogP contribution in [0.1, 0.15) is 0 Å². The second kappa shape index (κ2) is 5.25. The van der Waals surface area contributed by atoms with E-state index in [0.29, 0.717) is 6.07 Å². The molecule has 0 unspecified atom stereocenters. The van der Waals surface area contributed by atoms with Crippen molar-refractivity contribution in [3.63, 3.8) is 0 Å². The SMILES string of the molecule is Fc1ccc(OC/C=C/Cl)c([B-](F)(F)F)c1. The fraction of sp³-hybridized carbons (Fsp3) is 0.111. The summed E-state index contributed by atoms with van der Waals surface area (Å²) in [6.45, 7) is -5.40. The lowest BCUT2D eigenvalue weighted by Gasteiger charge is -2.19. The molecular weight excluding hydrogens is 246 g/mol. The number of halogens is 5. The van der Waals surface area contributed by atoms with Crippen molar-refractivity contribution in [3.8, 4) is 5.75 Å². The molecule has 0 saturated carbocycles. The molecule has 0 bridgehead atoms. The molecule has 0 fully saturated rings. The van der Waals surface area contributed by atoms with Crippen LogP contribution in [0, 0.1) is 5.82 Å². The van der Waals surface area contributed by atoms with Gasteiger partial charge in [0.15, 0.2) is 0 Å². The van der Waals surface area contributed by atoms with Crippen LogP contribution in [0.3, 0.4) is 0 Å². The van der Waals surface area contributed by atoms with E-state index in [1.165, 1.54) is 6.08 Å². The van der Waals surface area contributed by atoms with Crippen molar-refractivity contribution in [2.45, 2.75) is 0 Å². The molecule has 7 heteroatoms. The van der Waals surface area contributed by atoms with E-state index < -0.39 is 24.0 Å². The molecule has 1 aromatic rings. The summed E-state index contributed by atoms with van der Waals surface area (Å²) in [4.78, 5) is 0. The lowest BCUT2D eigenvalue weighted by atomic mass is 9.79. The van der Waals surface area contributed by atoms with Crippen LogP contribution in [0.15, 0.2) is 29.8 Å². The molecule has 0 radical (unpaired) electrons. The first-order valence-electron chi connectivity index (χ1n) is 4.32. The lowest BCUT2D eigenvalue weighted by molar-refractivity contribution is 0.362. The monoisotopic (exact) mass is 253 g/mol.